The highest BCUT2D eigenvalue weighted by Crippen LogP contribution is 2.03. The Bertz CT molecular complexity index is 387. The Balaban J connectivity index is 2.24. The van der Waals surface area contributed by atoms with Gasteiger partial charge in [0.25, 0.3) is 0 Å². The molecule has 0 aliphatic heterocycles. The molecule has 0 atom stereocenters. The molecule has 120 valence electrons. The summed E-state index contributed by atoms with van der Waals surface area (Å²) in [4.78, 5) is 6.73. The summed E-state index contributed by atoms with van der Waals surface area (Å²) in [5.74, 6) is 0.870. The molecule has 0 aliphatic carbocycles. The van der Waals surface area contributed by atoms with Gasteiger partial charge in [0, 0.05) is 57.7 Å². The largest absolute Gasteiger partial charge is 0.355 e. The Hall–Kier alpha value is -1.49. The maximum absolute atomic E-state index is 4.26. The molecule has 0 fully saturated rings. The van der Waals surface area contributed by atoms with E-state index >= 15 is 0 Å². The first-order chi connectivity index (χ1) is 10.0. The lowest BCUT2D eigenvalue weighted by Gasteiger charge is -2.30. The number of rotatable bonds is 8. The fourth-order valence-corrected chi connectivity index (χ4v) is 2.46. The van der Waals surface area contributed by atoms with Crippen molar-refractivity contribution in [2.75, 3.05) is 26.7 Å². The fourth-order valence-electron chi connectivity index (χ4n) is 2.46. The van der Waals surface area contributed by atoms with Gasteiger partial charge < -0.3 is 15.2 Å². The third-order valence-electron chi connectivity index (χ3n) is 3.54. The van der Waals surface area contributed by atoms with E-state index in [1.54, 1.807) is 0 Å². The molecule has 0 unspecified atom stereocenters. The highest BCUT2D eigenvalue weighted by Gasteiger charge is 2.12. The Morgan fingerprint density at radius 1 is 1.05 bits per heavy atom. The maximum atomic E-state index is 4.26. The monoisotopic (exact) mass is 293 g/mol. The lowest BCUT2D eigenvalue weighted by atomic mass is 10.2. The summed E-state index contributed by atoms with van der Waals surface area (Å²) < 4.78 is 2.15. The van der Waals surface area contributed by atoms with Gasteiger partial charge in [-0.15, -0.1) is 0 Å². The van der Waals surface area contributed by atoms with Crippen LogP contribution in [0.1, 0.15) is 27.7 Å². The maximum Gasteiger partial charge on any atom is 0.191 e. The van der Waals surface area contributed by atoms with Gasteiger partial charge in [-0.2, -0.15) is 0 Å². The van der Waals surface area contributed by atoms with Crippen LogP contribution in [0.25, 0.3) is 0 Å². The number of guanidine groups is 1. The molecular formula is C16H31N5. The SMILES string of the molecule is CN=C(NCCN(C(C)C)C(C)C)NCCn1cccc1. The topological polar surface area (TPSA) is 44.6 Å². The third kappa shape index (κ3) is 6.67. The molecule has 1 heterocycles. The molecule has 5 heteroatoms. The third-order valence-corrected chi connectivity index (χ3v) is 3.54. The lowest BCUT2D eigenvalue weighted by molar-refractivity contribution is 0.178. The lowest BCUT2D eigenvalue weighted by Crippen LogP contribution is -2.45. The van der Waals surface area contributed by atoms with E-state index in [4.69, 9.17) is 0 Å². The van der Waals surface area contributed by atoms with E-state index in [2.05, 4.69) is 65.2 Å². The predicted molar refractivity (Wildman–Crippen MR) is 90.8 cm³/mol. The van der Waals surface area contributed by atoms with Crippen molar-refractivity contribution in [3.05, 3.63) is 24.5 Å². The average molecular weight is 293 g/mol. The molecule has 2 N–H and O–H groups in total. The molecular weight excluding hydrogens is 262 g/mol. The smallest absolute Gasteiger partial charge is 0.191 e. The summed E-state index contributed by atoms with van der Waals surface area (Å²) in [5, 5.41) is 6.72. The van der Waals surface area contributed by atoms with E-state index in [1.165, 1.54) is 0 Å². The van der Waals surface area contributed by atoms with Crippen LogP contribution in [0.3, 0.4) is 0 Å². The van der Waals surface area contributed by atoms with Crippen molar-refractivity contribution in [1.82, 2.24) is 20.1 Å². The molecule has 0 radical (unpaired) electrons. The normalized spacial score (nSPS) is 12.5. The minimum Gasteiger partial charge on any atom is -0.355 e. The molecule has 5 nitrogen and oxygen atoms in total. The first kappa shape index (κ1) is 17.6. The number of nitrogens with one attached hydrogen (secondary N) is 2. The summed E-state index contributed by atoms with van der Waals surface area (Å²) in [6.07, 6.45) is 4.14. The Morgan fingerprint density at radius 2 is 1.62 bits per heavy atom. The van der Waals surface area contributed by atoms with Gasteiger partial charge in [-0.1, -0.05) is 0 Å². The van der Waals surface area contributed by atoms with Gasteiger partial charge in [-0.25, -0.2) is 0 Å². The molecule has 0 saturated heterocycles. The van der Waals surface area contributed by atoms with Crippen LogP contribution >= 0.6 is 0 Å². The fraction of sp³-hybridized carbons (Fsp3) is 0.688. The molecule has 0 spiro atoms. The zero-order chi connectivity index (χ0) is 15.7. The van der Waals surface area contributed by atoms with Crippen molar-refractivity contribution in [3.63, 3.8) is 0 Å². The Morgan fingerprint density at radius 3 is 2.14 bits per heavy atom. The van der Waals surface area contributed by atoms with Crippen LogP contribution < -0.4 is 10.6 Å². The second-order valence-corrected chi connectivity index (χ2v) is 5.77. The van der Waals surface area contributed by atoms with Gasteiger partial charge in [0.1, 0.15) is 0 Å². The van der Waals surface area contributed by atoms with E-state index in [1.807, 2.05) is 19.2 Å². The molecule has 0 amide bonds. The van der Waals surface area contributed by atoms with E-state index < -0.39 is 0 Å². The van der Waals surface area contributed by atoms with E-state index in [0.717, 1.165) is 32.1 Å². The van der Waals surface area contributed by atoms with E-state index in [-0.39, 0.29) is 0 Å². The van der Waals surface area contributed by atoms with Crippen LogP contribution in [0, 0.1) is 0 Å². The minimum absolute atomic E-state index is 0.565. The van der Waals surface area contributed by atoms with E-state index in [0.29, 0.717) is 12.1 Å². The predicted octanol–water partition coefficient (Wildman–Crippen LogP) is 1.77. The summed E-state index contributed by atoms with van der Waals surface area (Å²) in [7, 11) is 1.81. The summed E-state index contributed by atoms with van der Waals surface area (Å²) in [6.45, 7) is 12.7. The molecule has 0 aliphatic rings. The van der Waals surface area contributed by atoms with Gasteiger partial charge in [-0.05, 0) is 39.8 Å². The first-order valence-corrected chi connectivity index (χ1v) is 7.85. The summed E-state index contributed by atoms with van der Waals surface area (Å²) >= 11 is 0. The highest BCUT2D eigenvalue weighted by molar-refractivity contribution is 5.79. The number of aromatic nitrogens is 1. The number of hydrogen-bond donors (Lipinski definition) is 2. The molecule has 1 aromatic heterocycles. The van der Waals surface area contributed by atoms with Gasteiger partial charge in [0.05, 0.1) is 0 Å². The summed E-state index contributed by atoms with van der Waals surface area (Å²) in [5.41, 5.74) is 0. The first-order valence-electron chi connectivity index (χ1n) is 7.85. The number of nitrogens with zero attached hydrogens (tertiary/aromatic N) is 3. The standard InChI is InChI=1S/C16H31N5/c1-14(2)21(15(3)4)13-9-19-16(17-5)18-8-12-20-10-6-7-11-20/h6-7,10-11,14-15H,8-9,12-13H2,1-5H3,(H2,17,18,19). The van der Waals surface area contributed by atoms with Crippen LogP contribution in [-0.2, 0) is 6.54 Å². The molecule has 0 bridgehead atoms. The molecule has 0 aromatic carbocycles. The minimum atomic E-state index is 0.565. The number of aliphatic imine (C=N–C) groups is 1. The zero-order valence-corrected chi connectivity index (χ0v) is 14.1. The molecule has 21 heavy (non-hydrogen) atoms. The second-order valence-electron chi connectivity index (χ2n) is 5.77. The van der Waals surface area contributed by atoms with Crippen LogP contribution in [0.5, 0.6) is 0 Å². The van der Waals surface area contributed by atoms with Crippen molar-refractivity contribution >= 4 is 5.96 Å². The average Bonchev–Trinajstić information content (AvgIpc) is 2.93. The van der Waals surface area contributed by atoms with Crippen LogP contribution in [0.15, 0.2) is 29.5 Å². The Labute approximate surface area is 129 Å². The van der Waals surface area contributed by atoms with Crippen molar-refractivity contribution in [2.24, 2.45) is 4.99 Å². The van der Waals surface area contributed by atoms with Crippen molar-refractivity contribution in [3.8, 4) is 0 Å². The van der Waals surface area contributed by atoms with Gasteiger partial charge >= 0.3 is 0 Å². The van der Waals surface area contributed by atoms with Crippen LogP contribution in [-0.4, -0.2) is 54.2 Å². The molecule has 1 aromatic rings. The van der Waals surface area contributed by atoms with Gasteiger partial charge in [-0.3, -0.25) is 9.89 Å². The Kier molecular flexibility index (Phi) is 7.90. The summed E-state index contributed by atoms with van der Waals surface area (Å²) in [6, 6.07) is 5.21. The van der Waals surface area contributed by atoms with Crippen molar-refractivity contribution < 1.29 is 0 Å². The number of hydrogen-bond acceptors (Lipinski definition) is 2. The molecule has 0 saturated carbocycles. The van der Waals surface area contributed by atoms with Gasteiger partial charge in [0.15, 0.2) is 5.96 Å². The van der Waals surface area contributed by atoms with Crippen molar-refractivity contribution in [1.29, 1.82) is 0 Å². The highest BCUT2D eigenvalue weighted by atomic mass is 15.2. The van der Waals surface area contributed by atoms with Crippen molar-refractivity contribution in [2.45, 2.75) is 46.3 Å². The van der Waals surface area contributed by atoms with E-state index in [9.17, 15) is 0 Å². The van der Waals surface area contributed by atoms with Gasteiger partial charge in [0.2, 0.25) is 0 Å². The van der Waals surface area contributed by atoms with Crippen LogP contribution in [0.4, 0.5) is 0 Å². The molecule has 1 rings (SSSR count). The second kappa shape index (κ2) is 9.45. The van der Waals surface area contributed by atoms with Crippen LogP contribution in [0.2, 0.25) is 0 Å². The quantitative estimate of drug-likeness (QED) is 0.567. The zero-order valence-electron chi connectivity index (χ0n) is 14.1.